The molecule has 0 aromatic heterocycles. The number of nitrogens with one attached hydrogen (secondary N) is 1. The zero-order valence-corrected chi connectivity index (χ0v) is 10.3. The summed E-state index contributed by atoms with van der Waals surface area (Å²) in [6.07, 6.45) is -3.79. The topological polar surface area (TPSA) is 29.1 Å². The van der Waals surface area contributed by atoms with Gasteiger partial charge in [0, 0.05) is 12.0 Å². The second kappa shape index (κ2) is 4.51. The average molecular weight is 275 g/mol. The molecule has 1 N–H and O–H groups in total. The minimum atomic E-state index is -4.60. The van der Waals surface area contributed by atoms with Crippen LogP contribution in [0.1, 0.15) is 30.9 Å². The summed E-state index contributed by atoms with van der Waals surface area (Å²) >= 11 is 0. The van der Waals surface area contributed by atoms with E-state index in [1.54, 1.807) is 6.92 Å². The third-order valence-electron chi connectivity index (χ3n) is 3.30. The molecule has 0 spiro atoms. The number of carbonyl (C=O) groups is 1. The molecular weight excluding hydrogens is 262 g/mol. The van der Waals surface area contributed by atoms with E-state index in [0.29, 0.717) is 18.9 Å². The molecule has 0 saturated carbocycles. The second-order valence-electron chi connectivity index (χ2n) is 5.08. The first-order valence-corrected chi connectivity index (χ1v) is 5.86. The van der Waals surface area contributed by atoms with Crippen LogP contribution in [-0.2, 0) is 17.4 Å². The molecule has 2 nitrogen and oxygen atoms in total. The van der Waals surface area contributed by atoms with E-state index in [2.05, 4.69) is 5.32 Å². The highest BCUT2D eigenvalue weighted by atomic mass is 19.4. The lowest BCUT2D eigenvalue weighted by molar-refractivity contribution is -0.138. The number of hydrogen-bond acceptors (Lipinski definition) is 1. The molecule has 1 aliphatic heterocycles. The standard InChI is InChI=1S/C13H13F4NO/c1-12(5-4-11(19)18-12)7-8-2-3-9(14)6-10(8)13(15,16)17/h2-3,6H,4-5,7H2,1H3,(H,18,19). The van der Waals surface area contributed by atoms with Gasteiger partial charge in [0.05, 0.1) is 5.56 Å². The van der Waals surface area contributed by atoms with Crippen LogP contribution in [0.2, 0.25) is 0 Å². The molecule has 19 heavy (non-hydrogen) atoms. The van der Waals surface area contributed by atoms with Crippen molar-refractivity contribution < 1.29 is 22.4 Å². The fourth-order valence-corrected chi connectivity index (χ4v) is 2.37. The Morgan fingerprint density at radius 1 is 1.37 bits per heavy atom. The smallest absolute Gasteiger partial charge is 0.351 e. The van der Waals surface area contributed by atoms with Crippen LogP contribution < -0.4 is 5.32 Å². The Kier molecular flexibility index (Phi) is 3.28. The maximum atomic E-state index is 13.0. The van der Waals surface area contributed by atoms with Crippen molar-refractivity contribution in [2.24, 2.45) is 0 Å². The molecule has 1 unspecified atom stereocenters. The number of carbonyl (C=O) groups excluding carboxylic acids is 1. The fraction of sp³-hybridized carbons (Fsp3) is 0.462. The quantitative estimate of drug-likeness (QED) is 0.826. The summed E-state index contributed by atoms with van der Waals surface area (Å²) in [5.74, 6) is -1.09. The first-order valence-electron chi connectivity index (χ1n) is 5.86. The predicted molar refractivity (Wildman–Crippen MR) is 60.9 cm³/mol. The second-order valence-corrected chi connectivity index (χ2v) is 5.08. The van der Waals surface area contributed by atoms with E-state index in [1.807, 2.05) is 0 Å². The molecule has 104 valence electrons. The lowest BCUT2D eigenvalue weighted by Crippen LogP contribution is -2.40. The van der Waals surface area contributed by atoms with Crippen molar-refractivity contribution in [3.05, 3.63) is 35.1 Å². The van der Waals surface area contributed by atoms with E-state index in [4.69, 9.17) is 0 Å². The normalized spacial score (nSPS) is 23.5. The predicted octanol–water partition coefficient (Wildman–Crippen LogP) is 3.06. The monoisotopic (exact) mass is 275 g/mol. The van der Waals surface area contributed by atoms with Crippen molar-refractivity contribution in [3.63, 3.8) is 0 Å². The molecular formula is C13H13F4NO. The van der Waals surface area contributed by atoms with E-state index in [9.17, 15) is 22.4 Å². The van der Waals surface area contributed by atoms with Gasteiger partial charge in [0.2, 0.25) is 5.91 Å². The van der Waals surface area contributed by atoms with Crippen LogP contribution in [-0.4, -0.2) is 11.4 Å². The van der Waals surface area contributed by atoms with Gasteiger partial charge < -0.3 is 5.32 Å². The van der Waals surface area contributed by atoms with Gasteiger partial charge >= 0.3 is 6.18 Å². The molecule has 1 aromatic rings. The van der Waals surface area contributed by atoms with Crippen molar-refractivity contribution in [1.82, 2.24) is 5.32 Å². The maximum absolute atomic E-state index is 13.0. The molecule has 1 atom stereocenters. The van der Waals surface area contributed by atoms with E-state index in [-0.39, 0.29) is 17.9 Å². The first-order chi connectivity index (χ1) is 8.70. The van der Waals surface area contributed by atoms with Crippen LogP contribution in [0.4, 0.5) is 17.6 Å². The van der Waals surface area contributed by atoms with Gasteiger partial charge in [0.25, 0.3) is 0 Å². The molecule has 0 aliphatic carbocycles. The molecule has 2 rings (SSSR count). The number of amides is 1. The van der Waals surface area contributed by atoms with Gasteiger partial charge in [-0.2, -0.15) is 13.2 Å². The molecule has 0 radical (unpaired) electrons. The zero-order chi connectivity index (χ0) is 14.3. The van der Waals surface area contributed by atoms with Crippen LogP contribution in [0.5, 0.6) is 0 Å². The van der Waals surface area contributed by atoms with Gasteiger partial charge in [0.1, 0.15) is 5.82 Å². The minimum Gasteiger partial charge on any atom is -0.351 e. The van der Waals surface area contributed by atoms with Crippen molar-refractivity contribution in [3.8, 4) is 0 Å². The maximum Gasteiger partial charge on any atom is 0.416 e. The van der Waals surface area contributed by atoms with Gasteiger partial charge in [-0.1, -0.05) is 6.07 Å². The Hall–Kier alpha value is -1.59. The number of rotatable bonds is 2. The summed E-state index contributed by atoms with van der Waals surface area (Å²) in [5.41, 5.74) is -1.68. The number of hydrogen-bond donors (Lipinski definition) is 1. The van der Waals surface area contributed by atoms with Gasteiger partial charge in [-0.3, -0.25) is 4.79 Å². The molecule has 1 saturated heterocycles. The lowest BCUT2D eigenvalue weighted by Gasteiger charge is -2.25. The van der Waals surface area contributed by atoms with E-state index < -0.39 is 23.1 Å². The Morgan fingerprint density at radius 2 is 2.05 bits per heavy atom. The summed E-state index contributed by atoms with van der Waals surface area (Å²) in [5, 5.41) is 2.67. The summed E-state index contributed by atoms with van der Waals surface area (Å²) in [7, 11) is 0. The minimum absolute atomic E-state index is 0.00130. The molecule has 6 heteroatoms. The van der Waals surface area contributed by atoms with Crippen molar-refractivity contribution >= 4 is 5.91 Å². The number of alkyl halides is 3. The SMILES string of the molecule is CC1(Cc2ccc(F)cc2C(F)(F)F)CCC(=O)N1. The summed E-state index contributed by atoms with van der Waals surface area (Å²) in [6, 6.07) is 2.63. The van der Waals surface area contributed by atoms with Gasteiger partial charge in [-0.05, 0) is 37.5 Å². The largest absolute Gasteiger partial charge is 0.416 e. The van der Waals surface area contributed by atoms with Crippen molar-refractivity contribution in [1.29, 1.82) is 0 Å². The van der Waals surface area contributed by atoms with Crippen LogP contribution >= 0.6 is 0 Å². The Balaban J connectivity index is 2.33. The van der Waals surface area contributed by atoms with Crippen LogP contribution in [0, 0.1) is 5.82 Å². The summed E-state index contributed by atoms with van der Waals surface area (Å²) in [6.45, 7) is 1.70. The van der Waals surface area contributed by atoms with E-state index >= 15 is 0 Å². The molecule has 1 amide bonds. The average Bonchev–Trinajstić information content (AvgIpc) is 2.60. The van der Waals surface area contributed by atoms with E-state index in [0.717, 1.165) is 12.1 Å². The highest BCUT2D eigenvalue weighted by Crippen LogP contribution is 2.35. The van der Waals surface area contributed by atoms with Crippen molar-refractivity contribution in [2.45, 2.75) is 37.9 Å². The molecule has 0 bridgehead atoms. The zero-order valence-electron chi connectivity index (χ0n) is 10.3. The van der Waals surface area contributed by atoms with Gasteiger partial charge in [-0.25, -0.2) is 4.39 Å². The van der Waals surface area contributed by atoms with Crippen LogP contribution in [0.25, 0.3) is 0 Å². The van der Waals surface area contributed by atoms with Crippen LogP contribution in [0.3, 0.4) is 0 Å². The Morgan fingerprint density at radius 3 is 2.58 bits per heavy atom. The Labute approximate surface area is 107 Å². The third-order valence-corrected chi connectivity index (χ3v) is 3.30. The van der Waals surface area contributed by atoms with Crippen molar-refractivity contribution in [2.75, 3.05) is 0 Å². The molecule has 1 heterocycles. The number of halogens is 4. The number of benzene rings is 1. The molecule has 1 fully saturated rings. The first kappa shape index (κ1) is 13.8. The molecule has 1 aliphatic rings. The lowest BCUT2D eigenvalue weighted by atomic mass is 9.89. The molecule has 1 aromatic carbocycles. The summed E-state index contributed by atoms with van der Waals surface area (Å²) in [4.78, 5) is 11.2. The van der Waals surface area contributed by atoms with Gasteiger partial charge in [0.15, 0.2) is 0 Å². The third kappa shape index (κ3) is 3.05. The highest BCUT2D eigenvalue weighted by Gasteiger charge is 2.38. The van der Waals surface area contributed by atoms with Gasteiger partial charge in [-0.15, -0.1) is 0 Å². The van der Waals surface area contributed by atoms with Crippen LogP contribution in [0.15, 0.2) is 18.2 Å². The highest BCUT2D eigenvalue weighted by molar-refractivity contribution is 5.79. The van der Waals surface area contributed by atoms with E-state index in [1.165, 1.54) is 0 Å². The Bertz CT molecular complexity index is 512. The summed E-state index contributed by atoms with van der Waals surface area (Å²) < 4.78 is 51.5. The fourth-order valence-electron chi connectivity index (χ4n) is 2.37.